The van der Waals surface area contributed by atoms with Crippen LogP contribution in [0.2, 0.25) is 0 Å². The summed E-state index contributed by atoms with van der Waals surface area (Å²) in [7, 11) is 1.67. The first kappa shape index (κ1) is 22.5. The van der Waals surface area contributed by atoms with Crippen molar-refractivity contribution in [2.24, 2.45) is 0 Å². The van der Waals surface area contributed by atoms with Gasteiger partial charge >= 0.3 is 6.03 Å². The van der Waals surface area contributed by atoms with E-state index in [2.05, 4.69) is 15.6 Å². The molecule has 1 aromatic carbocycles. The second-order valence-corrected chi connectivity index (χ2v) is 8.56. The highest BCUT2D eigenvalue weighted by Gasteiger charge is 2.43. The van der Waals surface area contributed by atoms with Gasteiger partial charge in [0.05, 0.1) is 23.9 Å². The maximum absolute atomic E-state index is 13.3. The molecule has 0 unspecified atom stereocenters. The summed E-state index contributed by atoms with van der Waals surface area (Å²) in [6, 6.07) is 11.0. The molecular weight excluding hydrogens is 418 g/mol. The largest absolute Gasteiger partial charge is 0.356 e. The molecule has 2 aromatic rings. The Bertz CT molecular complexity index is 1110. The van der Waals surface area contributed by atoms with Crippen LogP contribution in [0.3, 0.4) is 0 Å². The molecule has 4 rings (SSSR count). The van der Waals surface area contributed by atoms with Crippen LogP contribution in [0.4, 0.5) is 4.79 Å². The van der Waals surface area contributed by atoms with Crippen molar-refractivity contribution in [1.82, 2.24) is 25.4 Å². The number of pyridine rings is 1. The lowest BCUT2D eigenvalue weighted by Gasteiger charge is -2.31. The minimum absolute atomic E-state index is 0.114. The van der Waals surface area contributed by atoms with Crippen LogP contribution in [-0.4, -0.2) is 59.3 Å². The number of urea groups is 1. The van der Waals surface area contributed by atoms with Gasteiger partial charge in [0.1, 0.15) is 0 Å². The topological polar surface area (TPSA) is 94.6 Å². The minimum Gasteiger partial charge on any atom is -0.356 e. The van der Waals surface area contributed by atoms with Crippen LogP contribution in [0.5, 0.6) is 0 Å². The van der Waals surface area contributed by atoms with E-state index in [4.69, 9.17) is 0 Å². The van der Waals surface area contributed by atoms with Crippen molar-refractivity contribution >= 4 is 17.8 Å². The van der Waals surface area contributed by atoms with Crippen molar-refractivity contribution < 1.29 is 14.4 Å². The summed E-state index contributed by atoms with van der Waals surface area (Å²) in [5, 5.41) is 5.86. The van der Waals surface area contributed by atoms with Crippen LogP contribution in [0.25, 0.3) is 0 Å². The Hall–Kier alpha value is -3.68. The van der Waals surface area contributed by atoms with Gasteiger partial charge in [-0.3, -0.25) is 19.5 Å². The van der Waals surface area contributed by atoms with Gasteiger partial charge in [-0.25, -0.2) is 4.79 Å². The predicted octanol–water partition coefficient (Wildman–Crippen LogP) is 2.24. The van der Waals surface area contributed by atoms with E-state index in [9.17, 15) is 14.4 Å². The summed E-state index contributed by atoms with van der Waals surface area (Å²) < 4.78 is 0. The molecule has 3 heterocycles. The van der Waals surface area contributed by atoms with Gasteiger partial charge in [-0.2, -0.15) is 0 Å². The van der Waals surface area contributed by atoms with E-state index >= 15 is 0 Å². The Morgan fingerprint density at radius 3 is 2.76 bits per heavy atom. The number of aryl methyl sites for hydroxylation is 2. The minimum atomic E-state index is -0.492. The Kier molecular flexibility index (Phi) is 6.44. The predicted molar refractivity (Wildman–Crippen MR) is 124 cm³/mol. The molecule has 8 heteroatoms. The number of carbonyl (C=O) groups is 3. The summed E-state index contributed by atoms with van der Waals surface area (Å²) in [4.78, 5) is 45.6. The number of aromatic nitrogens is 1. The molecule has 2 aliphatic rings. The van der Waals surface area contributed by atoms with E-state index in [1.165, 1.54) is 4.90 Å². The number of amides is 4. The fourth-order valence-corrected chi connectivity index (χ4v) is 4.39. The first-order valence-electron chi connectivity index (χ1n) is 11.2. The molecule has 0 saturated heterocycles. The van der Waals surface area contributed by atoms with E-state index in [0.717, 1.165) is 22.4 Å². The summed E-state index contributed by atoms with van der Waals surface area (Å²) in [6.07, 6.45) is 2.59. The third-order valence-corrected chi connectivity index (χ3v) is 6.21. The van der Waals surface area contributed by atoms with E-state index in [-0.39, 0.29) is 24.3 Å². The van der Waals surface area contributed by atoms with Gasteiger partial charge in [0.25, 0.3) is 5.91 Å². The van der Waals surface area contributed by atoms with Crippen molar-refractivity contribution in [3.63, 3.8) is 0 Å². The zero-order valence-electron chi connectivity index (χ0n) is 19.2. The molecule has 0 aliphatic carbocycles. The molecule has 1 aromatic heterocycles. The first-order valence-corrected chi connectivity index (χ1v) is 11.2. The second kappa shape index (κ2) is 9.44. The summed E-state index contributed by atoms with van der Waals surface area (Å²) in [5.74, 6) is -0.250. The van der Waals surface area contributed by atoms with E-state index in [0.29, 0.717) is 37.3 Å². The molecular formula is C25H29N5O3. The Morgan fingerprint density at radius 2 is 2.03 bits per heavy atom. The van der Waals surface area contributed by atoms with Crippen LogP contribution in [0, 0.1) is 13.8 Å². The van der Waals surface area contributed by atoms with Gasteiger partial charge in [0.2, 0.25) is 5.91 Å². The van der Waals surface area contributed by atoms with Crippen LogP contribution < -0.4 is 10.6 Å². The van der Waals surface area contributed by atoms with Crippen LogP contribution in [0.1, 0.15) is 34.8 Å². The van der Waals surface area contributed by atoms with Gasteiger partial charge in [-0.1, -0.05) is 29.8 Å². The summed E-state index contributed by atoms with van der Waals surface area (Å²) >= 11 is 0. The van der Waals surface area contributed by atoms with Crippen molar-refractivity contribution in [1.29, 1.82) is 0 Å². The highest BCUT2D eigenvalue weighted by Crippen LogP contribution is 2.36. The smallest absolute Gasteiger partial charge is 0.322 e. The Balaban J connectivity index is 1.40. The standard InChI is InChI=1S/C25H29N5O3/c1-16-7-8-19(17(2)14-16)23-22-20(29(3)25(33)28-23)15-30(24(22)32)13-10-21(31)27-12-9-18-6-4-5-11-26-18/h4-8,11,14,23H,9-10,12-13,15H2,1-3H3,(H,27,31)(H,28,33)/t23-/m0/s1. The number of benzene rings is 1. The fourth-order valence-electron chi connectivity index (χ4n) is 4.39. The lowest BCUT2D eigenvalue weighted by Crippen LogP contribution is -2.45. The van der Waals surface area contributed by atoms with E-state index in [1.807, 2.05) is 50.2 Å². The van der Waals surface area contributed by atoms with Crippen LogP contribution in [-0.2, 0) is 16.0 Å². The van der Waals surface area contributed by atoms with Gasteiger partial charge in [0, 0.05) is 44.9 Å². The normalized spacial score (nSPS) is 17.8. The average molecular weight is 448 g/mol. The zero-order valence-corrected chi connectivity index (χ0v) is 19.2. The quantitative estimate of drug-likeness (QED) is 0.681. The number of hydrogen-bond donors (Lipinski definition) is 2. The van der Waals surface area contributed by atoms with Crippen LogP contribution in [0.15, 0.2) is 53.9 Å². The van der Waals surface area contributed by atoms with Crippen molar-refractivity contribution in [2.45, 2.75) is 32.7 Å². The molecule has 0 bridgehead atoms. The molecule has 0 fully saturated rings. The number of nitrogens with one attached hydrogen (secondary N) is 2. The molecule has 0 saturated carbocycles. The van der Waals surface area contributed by atoms with Crippen molar-refractivity contribution in [2.75, 3.05) is 26.7 Å². The molecule has 1 atom stereocenters. The van der Waals surface area contributed by atoms with Crippen LogP contribution >= 0.6 is 0 Å². The SMILES string of the molecule is Cc1ccc([C@@H]2NC(=O)N(C)C3=C2C(=O)N(CCC(=O)NCCc2ccccn2)C3)c(C)c1. The van der Waals surface area contributed by atoms with Gasteiger partial charge < -0.3 is 15.5 Å². The molecule has 8 nitrogen and oxygen atoms in total. The lowest BCUT2D eigenvalue weighted by atomic mass is 9.91. The Morgan fingerprint density at radius 1 is 1.21 bits per heavy atom. The molecule has 2 N–H and O–H groups in total. The van der Waals surface area contributed by atoms with Gasteiger partial charge in [-0.05, 0) is 37.1 Å². The van der Waals surface area contributed by atoms with E-state index < -0.39 is 6.04 Å². The summed E-state index contributed by atoms with van der Waals surface area (Å²) in [5.41, 5.74) is 5.26. The van der Waals surface area contributed by atoms with E-state index in [1.54, 1.807) is 18.1 Å². The number of carbonyl (C=O) groups excluding carboxylic acids is 3. The second-order valence-electron chi connectivity index (χ2n) is 8.56. The third kappa shape index (κ3) is 4.74. The third-order valence-electron chi connectivity index (χ3n) is 6.21. The fraction of sp³-hybridized carbons (Fsp3) is 0.360. The monoisotopic (exact) mass is 447 g/mol. The zero-order chi connectivity index (χ0) is 23.5. The highest BCUT2D eigenvalue weighted by molar-refractivity contribution is 6.01. The number of nitrogens with zero attached hydrogens (tertiary/aromatic N) is 3. The number of hydrogen-bond acceptors (Lipinski definition) is 4. The van der Waals surface area contributed by atoms with Crippen molar-refractivity contribution in [3.8, 4) is 0 Å². The highest BCUT2D eigenvalue weighted by atomic mass is 16.2. The summed E-state index contributed by atoms with van der Waals surface area (Å²) in [6.45, 7) is 5.11. The molecule has 2 aliphatic heterocycles. The lowest BCUT2D eigenvalue weighted by molar-refractivity contribution is -0.127. The molecule has 172 valence electrons. The first-order chi connectivity index (χ1) is 15.8. The van der Waals surface area contributed by atoms with Crippen molar-refractivity contribution in [3.05, 3.63) is 76.2 Å². The molecule has 0 radical (unpaired) electrons. The van der Waals surface area contributed by atoms with Gasteiger partial charge in [-0.15, -0.1) is 0 Å². The van der Waals surface area contributed by atoms with Gasteiger partial charge in [0.15, 0.2) is 0 Å². The number of rotatable bonds is 7. The molecule has 0 spiro atoms. The molecule has 4 amide bonds. The number of likely N-dealkylation sites (N-methyl/N-ethyl adjacent to an activating group) is 1. The maximum Gasteiger partial charge on any atom is 0.322 e. The Labute approximate surface area is 193 Å². The molecule has 33 heavy (non-hydrogen) atoms. The average Bonchev–Trinajstić information content (AvgIpc) is 3.12. The maximum atomic E-state index is 13.3.